The number of nitrogens with one attached hydrogen (secondary N) is 1. The summed E-state index contributed by atoms with van der Waals surface area (Å²) in [4.78, 5) is 15.8. The van der Waals surface area contributed by atoms with Crippen molar-refractivity contribution in [3.63, 3.8) is 0 Å². The number of hydrogen-bond acceptors (Lipinski definition) is 3. The highest BCUT2D eigenvalue weighted by molar-refractivity contribution is 5.91. The average molecular weight is 364 g/mol. The van der Waals surface area contributed by atoms with Crippen molar-refractivity contribution in [3.05, 3.63) is 71.8 Å². The van der Waals surface area contributed by atoms with E-state index in [9.17, 15) is 22.4 Å². The predicted octanol–water partition coefficient (Wildman–Crippen LogP) is 4.47. The summed E-state index contributed by atoms with van der Waals surface area (Å²) in [6, 6.07) is 6.24. The van der Waals surface area contributed by atoms with Gasteiger partial charge in [-0.1, -0.05) is 6.07 Å². The lowest BCUT2D eigenvalue weighted by molar-refractivity contribution is -0.116. The van der Waals surface area contributed by atoms with Crippen molar-refractivity contribution in [2.45, 2.75) is 12.8 Å². The number of anilines is 1. The monoisotopic (exact) mass is 364 g/mol. The Morgan fingerprint density at radius 1 is 1.04 bits per heavy atom. The van der Waals surface area contributed by atoms with Gasteiger partial charge in [-0.2, -0.15) is 0 Å². The normalized spacial score (nSPS) is 10.8. The fourth-order valence-electron chi connectivity index (χ4n) is 2.28. The molecule has 0 bridgehead atoms. The molecule has 0 saturated heterocycles. The van der Waals surface area contributed by atoms with Gasteiger partial charge in [0.25, 0.3) is 0 Å². The Morgan fingerprint density at radius 3 is 2.46 bits per heavy atom. The van der Waals surface area contributed by atoms with E-state index in [4.69, 9.17) is 4.42 Å². The molecule has 0 aliphatic heterocycles. The smallest absolute Gasteiger partial charge is 0.225 e. The van der Waals surface area contributed by atoms with E-state index in [1.54, 1.807) is 0 Å². The third-order valence-corrected chi connectivity index (χ3v) is 3.54. The SMILES string of the molecule is O=C(CCc1ncc(-c2ccc(F)cc2F)o1)Nc1c(F)cccc1F. The Balaban J connectivity index is 1.64. The van der Waals surface area contributed by atoms with Crippen LogP contribution in [0, 0.1) is 23.3 Å². The van der Waals surface area contributed by atoms with Crippen LogP contribution in [0.4, 0.5) is 23.2 Å². The van der Waals surface area contributed by atoms with Crippen LogP contribution in [0.15, 0.2) is 47.0 Å². The maximum atomic E-state index is 13.7. The standard InChI is InChI=1S/C18H12F4N2O2/c19-10-4-5-11(14(22)8-10)15-9-23-17(26-15)7-6-16(25)24-18-12(20)2-1-3-13(18)21/h1-5,8-9H,6-7H2,(H,24,25). The molecular formula is C18H12F4N2O2. The molecule has 0 unspecified atom stereocenters. The van der Waals surface area contributed by atoms with E-state index in [0.717, 1.165) is 18.2 Å². The van der Waals surface area contributed by atoms with Crippen LogP contribution in [-0.2, 0) is 11.2 Å². The zero-order valence-corrected chi connectivity index (χ0v) is 13.2. The molecule has 0 fully saturated rings. The van der Waals surface area contributed by atoms with Crippen molar-refractivity contribution in [1.82, 2.24) is 4.98 Å². The zero-order valence-electron chi connectivity index (χ0n) is 13.2. The molecule has 1 N–H and O–H groups in total. The number of oxazole rings is 1. The highest BCUT2D eigenvalue weighted by Gasteiger charge is 2.15. The number of aromatic nitrogens is 1. The highest BCUT2D eigenvalue weighted by Crippen LogP contribution is 2.25. The summed E-state index contributed by atoms with van der Waals surface area (Å²) < 4.78 is 58.9. The quantitative estimate of drug-likeness (QED) is 0.680. The van der Waals surface area contributed by atoms with Gasteiger partial charge < -0.3 is 9.73 Å². The molecule has 3 rings (SSSR count). The second kappa shape index (κ2) is 7.38. The van der Waals surface area contributed by atoms with E-state index in [0.29, 0.717) is 6.07 Å². The van der Waals surface area contributed by atoms with Crippen molar-refractivity contribution in [2.75, 3.05) is 5.32 Å². The molecule has 8 heteroatoms. The molecular weight excluding hydrogens is 352 g/mol. The van der Waals surface area contributed by atoms with Crippen LogP contribution in [0.1, 0.15) is 12.3 Å². The second-order valence-electron chi connectivity index (χ2n) is 5.39. The van der Waals surface area contributed by atoms with Gasteiger partial charge in [-0.05, 0) is 24.3 Å². The topological polar surface area (TPSA) is 55.1 Å². The van der Waals surface area contributed by atoms with Gasteiger partial charge in [-0.3, -0.25) is 4.79 Å². The highest BCUT2D eigenvalue weighted by atomic mass is 19.1. The second-order valence-corrected chi connectivity index (χ2v) is 5.39. The Morgan fingerprint density at radius 2 is 1.77 bits per heavy atom. The summed E-state index contributed by atoms with van der Waals surface area (Å²) in [6.45, 7) is 0. The fourth-order valence-corrected chi connectivity index (χ4v) is 2.28. The van der Waals surface area contributed by atoms with E-state index in [-0.39, 0.29) is 30.1 Å². The molecule has 0 aliphatic rings. The maximum absolute atomic E-state index is 13.7. The molecule has 1 aromatic heterocycles. The van der Waals surface area contributed by atoms with Crippen molar-refractivity contribution in [3.8, 4) is 11.3 Å². The number of para-hydroxylation sites is 1. The number of rotatable bonds is 5. The van der Waals surface area contributed by atoms with E-state index >= 15 is 0 Å². The van der Waals surface area contributed by atoms with Crippen molar-refractivity contribution in [2.24, 2.45) is 0 Å². The predicted molar refractivity (Wildman–Crippen MR) is 85.2 cm³/mol. The minimum absolute atomic E-state index is 0.0306. The average Bonchev–Trinajstić information content (AvgIpc) is 3.05. The van der Waals surface area contributed by atoms with Gasteiger partial charge in [0, 0.05) is 18.9 Å². The molecule has 3 aromatic rings. The number of carbonyl (C=O) groups is 1. The molecule has 134 valence electrons. The van der Waals surface area contributed by atoms with Crippen LogP contribution in [-0.4, -0.2) is 10.9 Å². The third-order valence-electron chi connectivity index (χ3n) is 3.54. The van der Waals surface area contributed by atoms with Gasteiger partial charge in [0.15, 0.2) is 11.7 Å². The van der Waals surface area contributed by atoms with Gasteiger partial charge in [0.1, 0.15) is 29.0 Å². The first-order valence-corrected chi connectivity index (χ1v) is 7.58. The molecule has 1 heterocycles. The van der Waals surface area contributed by atoms with Crippen LogP contribution in [0.2, 0.25) is 0 Å². The minimum Gasteiger partial charge on any atom is -0.441 e. The third kappa shape index (κ3) is 3.90. The van der Waals surface area contributed by atoms with E-state index in [1.807, 2.05) is 0 Å². The largest absolute Gasteiger partial charge is 0.441 e. The lowest BCUT2D eigenvalue weighted by Crippen LogP contribution is -2.14. The molecule has 0 radical (unpaired) electrons. The first kappa shape index (κ1) is 17.7. The Labute approximate surface area is 145 Å². The molecule has 0 aliphatic carbocycles. The van der Waals surface area contributed by atoms with Gasteiger partial charge in [0.2, 0.25) is 5.91 Å². The van der Waals surface area contributed by atoms with Crippen molar-refractivity contribution in [1.29, 1.82) is 0 Å². The van der Waals surface area contributed by atoms with Crippen molar-refractivity contribution < 1.29 is 26.8 Å². The number of halogens is 4. The summed E-state index contributed by atoms with van der Waals surface area (Å²) in [7, 11) is 0. The van der Waals surface area contributed by atoms with Gasteiger partial charge in [-0.15, -0.1) is 0 Å². The number of benzene rings is 2. The summed E-state index contributed by atoms with van der Waals surface area (Å²) in [5.41, 5.74) is -0.498. The Bertz CT molecular complexity index is 936. The van der Waals surface area contributed by atoms with Crippen LogP contribution in [0.3, 0.4) is 0 Å². The van der Waals surface area contributed by atoms with Gasteiger partial charge in [0.05, 0.1) is 11.8 Å². The van der Waals surface area contributed by atoms with Crippen LogP contribution in [0.25, 0.3) is 11.3 Å². The van der Waals surface area contributed by atoms with Crippen LogP contribution in [0.5, 0.6) is 0 Å². The van der Waals surface area contributed by atoms with Crippen LogP contribution < -0.4 is 5.32 Å². The van der Waals surface area contributed by atoms with Gasteiger partial charge >= 0.3 is 0 Å². The van der Waals surface area contributed by atoms with E-state index in [2.05, 4.69) is 10.3 Å². The molecule has 0 saturated carbocycles. The molecule has 1 amide bonds. The summed E-state index contributed by atoms with van der Waals surface area (Å²) in [6.07, 6.45) is 1.13. The number of aryl methyl sites for hydroxylation is 1. The fraction of sp³-hybridized carbons (Fsp3) is 0.111. The Kier molecular flexibility index (Phi) is 5.01. The van der Waals surface area contributed by atoms with Gasteiger partial charge in [-0.25, -0.2) is 22.5 Å². The number of carbonyl (C=O) groups excluding carboxylic acids is 1. The zero-order chi connectivity index (χ0) is 18.7. The minimum atomic E-state index is -0.886. The Hall–Kier alpha value is -3.16. The molecule has 26 heavy (non-hydrogen) atoms. The number of hydrogen-bond donors (Lipinski definition) is 1. The summed E-state index contributed by atoms with van der Waals surface area (Å²) >= 11 is 0. The summed E-state index contributed by atoms with van der Waals surface area (Å²) in [5, 5.41) is 2.14. The van der Waals surface area contributed by atoms with Crippen molar-refractivity contribution >= 4 is 11.6 Å². The van der Waals surface area contributed by atoms with E-state index in [1.165, 1.54) is 18.3 Å². The molecule has 0 atom stereocenters. The lowest BCUT2D eigenvalue weighted by Gasteiger charge is -2.06. The van der Waals surface area contributed by atoms with Crippen LogP contribution >= 0.6 is 0 Å². The number of amides is 1. The maximum Gasteiger partial charge on any atom is 0.225 e. The molecule has 2 aromatic carbocycles. The molecule has 0 spiro atoms. The first-order chi connectivity index (χ1) is 12.4. The number of nitrogens with zero attached hydrogens (tertiary/aromatic N) is 1. The molecule has 4 nitrogen and oxygen atoms in total. The first-order valence-electron chi connectivity index (χ1n) is 7.58. The lowest BCUT2D eigenvalue weighted by atomic mass is 10.2. The summed E-state index contributed by atoms with van der Waals surface area (Å²) in [5.74, 6) is -3.72. The van der Waals surface area contributed by atoms with E-state index < -0.39 is 34.9 Å².